The van der Waals surface area contributed by atoms with Crippen molar-refractivity contribution in [1.82, 2.24) is 24.8 Å². The van der Waals surface area contributed by atoms with Crippen LogP contribution in [0.5, 0.6) is 0 Å². The molecule has 11 heteroatoms. The number of nitrogens with zero attached hydrogens (tertiary/aromatic N) is 3. The average molecular weight is 478 g/mol. The van der Waals surface area contributed by atoms with Gasteiger partial charge in [-0.15, -0.1) is 5.10 Å². The molecular weight excluding hydrogens is 453 g/mol. The number of carbonyl (C=O) groups excluding carboxylic acids is 1. The summed E-state index contributed by atoms with van der Waals surface area (Å²) in [7, 11) is -3.94. The number of aromatic nitrogens is 3. The Labute approximate surface area is 190 Å². The van der Waals surface area contributed by atoms with Gasteiger partial charge in [-0.2, -0.15) is 4.31 Å². The molecule has 0 spiro atoms. The van der Waals surface area contributed by atoms with Crippen molar-refractivity contribution in [2.24, 2.45) is 0 Å². The molecule has 0 saturated heterocycles. The third kappa shape index (κ3) is 6.62. The molecule has 0 unspecified atom stereocenters. The normalized spacial score (nSPS) is 11.6. The molecule has 0 fully saturated rings. The Morgan fingerprint density at radius 2 is 1.81 bits per heavy atom. The highest BCUT2D eigenvalue weighted by Gasteiger charge is 2.27. The van der Waals surface area contributed by atoms with E-state index in [1.165, 1.54) is 48.2 Å². The molecule has 0 aliphatic heterocycles. The standard InChI is InChI=1S/C21H24FN5O3S2/c1-15-3-9-19(10-4-15)32(29,30)27(13-17-5-7-18(22)8-6-17)14-20(28)23-11-12-31-21-24-16(2)25-26-21/h3-10H,11-14H2,1-2H3,(H,23,28)(H,24,25,26). The van der Waals surface area contributed by atoms with Gasteiger partial charge < -0.3 is 5.32 Å². The van der Waals surface area contributed by atoms with Gasteiger partial charge in [-0.1, -0.05) is 41.6 Å². The summed E-state index contributed by atoms with van der Waals surface area (Å²) < 4.78 is 40.8. The predicted molar refractivity (Wildman–Crippen MR) is 120 cm³/mol. The molecule has 0 saturated carbocycles. The minimum absolute atomic E-state index is 0.0604. The smallest absolute Gasteiger partial charge is 0.243 e. The molecular formula is C21H24FN5O3S2. The van der Waals surface area contributed by atoms with Crippen molar-refractivity contribution in [3.05, 3.63) is 71.3 Å². The summed E-state index contributed by atoms with van der Waals surface area (Å²) in [5.74, 6) is 0.383. The number of benzene rings is 2. The van der Waals surface area contributed by atoms with Crippen molar-refractivity contribution >= 4 is 27.7 Å². The van der Waals surface area contributed by atoms with Crippen LogP contribution in [0, 0.1) is 19.7 Å². The van der Waals surface area contributed by atoms with Crippen LogP contribution in [-0.4, -0.2) is 52.7 Å². The van der Waals surface area contributed by atoms with Gasteiger partial charge in [0.2, 0.25) is 21.1 Å². The van der Waals surface area contributed by atoms with Gasteiger partial charge in [0.1, 0.15) is 11.6 Å². The summed E-state index contributed by atoms with van der Waals surface area (Å²) in [4.78, 5) is 16.8. The first-order valence-corrected chi connectivity index (χ1v) is 12.3. The van der Waals surface area contributed by atoms with Crippen LogP contribution in [0.3, 0.4) is 0 Å². The predicted octanol–water partition coefficient (Wildman–Crippen LogP) is 2.66. The van der Waals surface area contributed by atoms with Crippen LogP contribution in [0.2, 0.25) is 0 Å². The lowest BCUT2D eigenvalue weighted by atomic mass is 10.2. The quantitative estimate of drug-likeness (QED) is 0.343. The van der Waals surface area contributed by atoms with Crippen molar-refractivity contribution in [2.45, 2.75) is 30.4 Å². The van der Waals surface area contributed by atoms with Crippen LogP contribution < -0.4 is 5.32 Å². The second kappa shape index (κ2) is 10.7. The number of H-pyrrole nitrogens is 1. The van der Waals surface area contributed by atoms with Crippen LogP contribution in [0.4, 0.5) is 4.39 Å². The van der Waals surface area contributed by atoms with Crippen molar-refractivity contribution in [2.75, 3.05) is 18.8 Å². The monoisotopic (exact) mass is 477 g/mol. The highest BCUT2D eigenvalue weighted by atomic mass is 32.2. The molecule has 0 atom stereocenters. The van der Waals surface area contributed by atoms with E-state index < -0.39 is 21.7 Å². The molecule has 32 heavy (non-hydrogen) atoms. The second-order valence-corrected chi connectivity index (χ2v) is 10.1. The van der Waals surface area contributed by atoms with Crippen molar-refractivity contribution in [1.29, 1.82) is 0 Å². The first-order valence-electron chi connectivity index (χ1n) is 9.84. The Morgan fingerprint density at radius 1 is 1.12 bits per heavy atom. The fourth-order valence-electron chi connectivity index (χ4n) is 2.81. The maximum absolute atomic E-state index is 13.3. The summed E-state index contributed by atoms with van der Waals surface area (Å²) in [6.45, 7) is 3.56. The van der Waals surface area contributed by atoms with Gasteiger partial charge in [0.15, 0.2) is 0 Å². The van der Waals surface area contributed by atoms with Crippen LogP contribution in [0.25, 0.3) is 0 Å². The molecule has 1 heterocycles. The second-order valence-electron chi connectivity index (χ2n) is 7.11. The number of hydrogen-bond donors (Lipinski definition) is 2. The van der Waals surface area contributed by atoms with E-state index >= 15 is 0 Å². The van der Waals surface area contributed by atoms with E-state index in [0.29, 0.717) is 28.8 Å². The van der Waals surface area contributed by atoms with Gasteiger partial charge in [-0.25, -0.2) is 17.8 Å². The number of aryl methyl sites for hydroxylation is 2. The molecule has 0 radical (unpaired) electrons. The van der Waals surface area contributed by atoms with E-state index in [9.17, 15) is 17.6 Å². The number of carbonyl (C=O) groups is 1. The molecule has 1 amide bonds. The van der Waals surface area contributed by atoms with Gasteiger partial charge in [-0.05, 0) is 43.7 Å². The lowest BCUT2D eigenvalue weighted by molar-refractivity contribution is -0.121. The van der Waals surface area contributed by atoms with Crippen molar-refractivity contribution < 1.29 is 17.6 Å². The molecule has 2 N–H and O–H groups in total. The third-order valence-corrected chi connectivity index (χ3v) is 7.14. The fourth-order valence-corrected chi connectivity index (χ4v) is 4.90. The summed E-state index contributed by atoms with van der Waals surface area (Å²) >= 11 is 1.37. The number of amides is 1. The summed E-state index contributed by atoms with van der Waals surface area (Å²) in [6.07, 6.45) is 0. The Morgan fingerprint density at radius 3 is 2.44 bits per heavy atom. The van der Waals surface area contributed by atoms with Gasteiger partial charge in [0.25, 0.3) is 0 Å². The van der Waals surface area contributed by atoms with Crippen LogP contribution in [-0.2, 0) is 21.4 Å². The number of hydrogen-bond acceptors (Lipinski definition) is 6. The first-order chi connectivity index (χ1) is 15.2. The molecule has 3 rings (SSSR count). The zero-order valence-corrected chi connectivity index (χ0v) is 19.3. The topological polar surface area (TPSA) is 108 Å². The van der Waals surface area contributed by atoms with E-state index in [2.05, 4.69) is 20.5 Å². The Bertz CT molecular complexity index is 1150. The van der Waals surface area contributed by atoms with Gasteiger partial charge >= 0.3 is 0 Å². The van der Waals surface area contributed by atoms with E-state index in [1.807, 2.05) is 6.92 Å². The van der Waals surface area contributed by atoms with Crippen LogP contribution in [0.1, 0.15) is 17.0 Å². The van der Waals surface area contributed by atoms with Gasteiger partial charge in [-0.3, -0.25) is 9.89 Å². The molecule has 0 bridgehead atoms. The summed E-state index contributed by atoms with van der Waals surface area (Å²) in [6, 6.07) is 11.9. The zero-order chi connectivity index (χ0) is 23.1. The Kier molecular flexibility index (Phi) is 7.99. The molecule has 2 aromatic carbocycles. The third-order valence-electron chi connectivity index (χ3n) is 4.48. The van der Waals surface area contributed by atoms with E-state index in [0.717, 1.165) is 9.87 Å². The molecule has 3 aromatic rings. The average Bonchev–Trinajstić information content (AvgIpc) is 3.17. The lowest BCUT2D eigenvalue weighted by Crippen LogP contribution is -2.40. The minimum Gasteiger partial charge on any atom is -0.354 e. The minimum atomic E-state index is -3.94. The van der Waals surface area contributed by atoms with Gasteiger partial charge in [0, 0.05) is 18.8 Å². The SMILES string of the molecule is Cc1ccc(S(=O)(=O)N(CC(=O)NCCSc2n[nH]c(C)n2)Cc2ccc(F)cc2)cc1. The molecule has 1 aromatic heterocycles. The zero-order valence-electron chi connectivity index (χ0n) is 17.7. The van der Waals surface area contributed by atoms with Crippen molar-refractivity contribution in [3.63, 3.8) is 0 Å². The molecule has 170 valence electrons. The molecule has 8 nitrogen and oxygen atoms in total. The van der Waals surface area contributed by atoms with E-state index in [1.54, 1.807) is 19.1 Å². The van der Waals surface area contributed by atoms with E-state index in [4.69, 9.17) is 0 Å². The number of halogens is 1. The first kappa shape index (κ1) is 23.9. The van der Waals surface area contributed by atoms with Crippen LogP contribution >= 0.6 is 11.8 Å². The number of aromatic amines is 1. The Balaban J connectivity index is 1.67. The van der Waals surface area contributed by atoms with Crippen LogP contribution in [0.15, 0.2) is 58.6 Å². The highest BCUT2D eigenvalue weighted by Crippen LogP contribution is 2.19. The largest absolute Gasteiger partial charge is 0.354 e. The number of rotatable bonds is 10. The maximum atomic E-state index is 13.3. The summed E-state index contributed by atoms with van der Waals surface area (Å²) in [5, 5.41) is 10.1. The Hall–Kier alpha value is -2.76. The molecule has 0 aliphatic rings. The highest BCUT2D eigenvalue weighted by molar-refractivity contribution is 7.99. The lowest BCUT2D eigenvalue weighted by Gasteiger charge is -2.22. The van der Waals surface area contributed by atoms with Crippen molar-refractivity contribution in [3.8, 4) is 0 Å². The molecule has 0 aliphatic carbocycles. The number of thioether (sulfide) groups is 1. The fraction of sp³-hybridized carbons (Fsp3) is 0.286. The van der Waals surface area contributed by atoms with Gasteiger partial charge in [0.05, 0.1) is 11.4 Å². The summed E-state index contributed by atoms with van der Waals surface area (Å²) in [5.41, 5.74) is 1.50. The van der Waals surface area contributed by atoms with E-state index in [-0.39, 0.29) is 18.0 Å². The number of sulfonamides is 1. The number of nitrogens with one attached hydrogen (secondary N) is 2. The maximum Gasteiger partial charge on any atom is 0.243 e.